The van der Waals surface area contributed by atoms with Crippen molar-refractivity contribution in [3.05, 3.63) is 34.6 Å². The summed E-state index contributed by atoms with van der Waals surface area (Å²) in [5, 5.41) is 2.81. The number of ether oxygens (including phenoxy) is 2. The molecule has 1 rings (SSSR count). The lowest BCUT2D eigenvalue weighted by Gasteiger charge is -2.14. The average Bonchev–Trinajstić information content (AvgIpc) is 2.35. The van der Waals surface area contributed by atoms with Crippen LogP contribution < -0.4 is 5.32 Å². The molecular weight excluding hydrogens is 261 g/mol. The van der Waals surface area contributed by atoms with Crippen LogP contribution in [0.25, 0.3) is 0 Å². The molecule has 0 saturated carbocycles. The number of methoxy groups -OCH3 is 2. The number of nitrogens with one attached hydrogen (secondary N) is 1. The minimum atomic E-state index is -0.523. The second kappa shape index (κ2) is 7.31. The van der Waals surface area contributed by atoms with E-state index in [2.05, 4.69) is 5.32 Å². The molecule has 1 aromatic carbocycles. The number of benzene rings is 1. The average molecular weight is 276 g/mol. The molecule has 4 nitrogen and oxygen atoms in total. The minimum Gasteiger partial charge on any atom is -0.354 e. The van der Waals surface area contributed by atoms with Crippen molar-refractivity contribution in [3.8, 4) is 0 Å². The predicted molar refractivity (Wildman–Crippen MR) is 65.9 cm³/mol. The highest BCUT2D eigenvalue weighted by Gasteiger charge is 2.13. The Hall–Kier alpha value is -1.17. The maximum absolute atomic E-state index is 13.4. The molecule has 6 heteroatoms. The van der Waals surface area contributed by atoms with Gasteiger partial charge in [-0.15, -0.1) is 0 Å². The largest absolute Gasteiger partial charge is 0.354 e. The van der Waals surface area contributed by atoms with Gasteiger partial charge in [0.2, 0.25) is 5.91 Å². The van der Waals surface area contributed by atoms with Gasteiger partial charge in [-0.2, -0.15) is 0 Å². The van der Waals surface area contributed by atoms with Gasteiger partial charge < -0.3 is 14.8 Å². The van der Waals surface area contributed by atoms with Crippen LogP contribution in [0.2, 0.25) is 5.02 Å². The Labute approximate surface area is 110 Å². The molecule has 0 atom stereocenters. The van der Waals surface area contributed by atoms with Gasteiger partial charge in [0.15, 0.2) is 6.29 Å². The maximum atomic E-state index is 13.4. The number of rotatable bonds is 6. The van der Waals surface area contributed by atoms with Crippen molar-refractivity contribution in [2.75, 3.05) is 20.8 Å². The van der Waals surface area contributed by atoms with E-state index in [-0.39, 0.29) is 29.5 Å². The molecule has 0 saturated heterocycles. The van der Waals surface area contributed by atoms with Crippen LogP contribution in [-0.2, 0) is 20.7 Å². The van der Waals surface area contributed by atoms with Crippen LogP contribution in [-0.4, -0.2) is 33.0 Å². The fourth-order valence-electron chi connectivity index (χ4n) is 1.38. The third kappa shape index (κ3) is 4.25. The van der Waals surface area contributed by atoms with E-state index in [1.165, 1.54) is 26.4 Å². The van der Waals surface area contributed by atoms with Gasteiger partial charge in [0.25, 0.3) is 0 Å². The Morgan fingerprint density at radius 3 is 2.67 bits per heavy atom. The van der Waals surface area contributed by atoms with E-state index in [9.17, 15) is 9.18 Å². The Balaban J connectivity index is 2.55. The van der Waals surface area contributed by atoms with E-state index in [0.717, 1.165) is 0 Å². The molecule has 0 aromatic heterocycles. The molecule has 0 aliphatic carbocycles. The number of hydrogen-bond donors (Lipinski definition) is 1. The first-order valence-corrected chi connectivity index (χ1v) is 5.71. The van der Waals surface area contributed by atoms with E-state index in [1.807, 2.05) is 0 Å². The van der Waals surface area contributed by atoms with Crippen LogP contribution in [0.15, 0.2) is 18.2 Å². The summed E-state index contributed by atoms with van der Waals surface area (Å²) in [6.07, 6.45) is -0.642. The van der Waals surface area contributed by atoms with Gasteiger partial charge >= 0.3 is 0 Å². The molecule has 0 aliphatic rings. The van der Waals surface area contributed by atoms with Crippen molar-refractivity contribution in [2.24, 2.45) is 0 Å². The van der Waals surface area contributed by atoms with Gasteiger partial charge in [0.05, 0.1) is 13.0 Å². The van der Waals surface area contributed by atoms with E-state index < -0.39 is 12.1 Å². The Morgan fingerprint density at radius 1 is 1.44 bits per heavy atom. The van der Waals surface area contributed by atoms with Crippen molar-refractivity contribution in [1.29, 1.82) is 0 Å². The lowest BCUT2D eigenvalue weighted by molar-refractivity contribution is -0.126. The zero-order chi connectivity index (χ0) is 13.5. The molecule has 1 amide bonds. The number of carbonyl (C=O) groups is 1. The first-order valence-electron chi connectivity index (χ1n) is 5.33. The SMILES string of the molecule is COC(CNC(=O)Cc1c(F)cccc1Cl)OC. The standard InChI is InChI=1S/C12H15ClFNO3/c1-17-12(18-2)7-15-11(16)6-8-9(13)4-3-5-10(8)14/h3-5,12H,6-7H2,1-2H3,(H,15,16). The zero-order valence-corrected chi connectivity index (χ0v) is 11.0. The quantitative estimate of drug-likeness (QED) is 0.805. The van der Waals surface area contributed by atoms with Gasteiger partial charge in [0, 0.05) is 24.8 Å². The minimum absolute atomic E-state index is 0.119. The summed E-state index contributed by atoms with van der Waals surface area (Å²) in [7, 11) is 2.93. The van der Waals surface area contributed by atoms with Gasteiger partial charge in [0.1, 0.15) is 5.82 Å². The molecule has 0 fully saturated rings. The Bertz CT molecular complexity index is 390. The third-order valence-electron chi connectivity index (χ3n) is 2.39. The highest BCUT2D eigenvalue weighted by atomic mass is 35.5. The molecule has 0 aliphatic heterocycles. The van der Waals surface area contributed by atoms with Crippen LogP contribution in [0.4, 0.5) is 4.39 Å². The second-order valence-electron chi connectivity index (χ2n) is 3.58. The molecule has 0 unspecified atom stereocenters. The van der Waals surface area contributed by atoms with E-state index >= 15 is 0 Å². The molecule has 1 N–H and O–H groups in total. The summed E-state index contributed by atoms with van der Waals surface area (Å²) in [5.74, 6) is -0.839. The van der Waals surface area contributed by atoms with E-state index in [4.69, 9.17) is 21.1 Å². The lowest BCUT2D eigenvalue weighted by atomic mass is 10.1. The summed E-state index contributed by atoms with van der Waals surface area (Å²) in [5.41, 5.74) is 0.183. The first-order chi connectivity index (χ1) is 8.58. The number of hydrogen-bond acceptors (Lipinski definition) is 3. The van der Waals surface area contributed by atoms with Crippen molar-refractivity contribution in [3.63, 3.8) is 0 Å². The summed E-state index contributed by atoms with van der Waals surface area (Å²) in [6.45, 7) is 0.192. The molecular formula is C12H15ClFNO3. The van der Waals surface area contributed by atoms with Crippen molar-refractivity contribution < 1.29 is 18.7 Å². The zero-order valence-electron chi connectivity index (χ0n) is 10.2. The Kier molecular flexibility index (Phi) is 6.04. The van der Waals surface area contributed by atoms with Crippen LogP contribution in [0.5, 0.6) is 0 Å². The first kappa shape index (κ1) is 14.9. The molecule has 100 valence electrons. The molecule has 1 aromatic rings. The fourth-order valence-corrected chi connectivity index (χ4v) is 1.61. The summed E-state index contributed by atoms with van der Waals surface area (Å²) < 4.78 is 23.2. The normalized spacial score (nSPS) is 10.7. The van der Waals surface area contributed by atoms with Gasteiger partial charge in [-0.05, 0) is 12.1 Å². The molecule has 18 heavy (non-hydrogen) atoms. The maximum Gasteiger partial charge on any atom is 0.224 e. The monoisotopic (exact) mass is 275 g/mol. The second-order valence-corrected chi connectivity index (χ2v) is 3.99. The smallest absolute Gasteiger partial charge is 0.224 e. The predicted octanol–water partition coefficient (Wildman–Crippen LogP) is 1.76. The number of carbonyl (C=O) groups excluding carboxylic acids is 1. The molecule has 0 spiro atoms. The Morgan fingerprint density at radius 2 is 2.11 bits per heavy atom. The highest BCUT2D eigenvalue weighted by Crippen LogP contribution is 2.19. The van der Waals surface area contributed by atoms with Gasteiger partial charge in [-0.1, -0.05) is 17.7 Å². The van der Waals surface area contributed by atoms with E-state index in [0.29, 0.717) is 0 Å². The van der Waals surface area contributed by atoms with Crippen LogP contribution >= 0.6 is 11.6 Å². The molecule has 0 radical (unpaired) electrons. The molecule has 0 heterocycles. The number of halogens is 2. The molecule has 0 bridgehead atoms. The van der Waals surface area contributed by atoms with Crippen molar-refractivity contribution >= 4 is 17.5 Å². The summed E-state index contributed by atoms with van der Waals surface area (Å²) in [6, 6.07) is 4.30. The summed E-state index contributed by atoms with van der Waals surface area (Å²) >= 11 is 5.82. The van der Waals surface area contributed by atoms with Crippen LogP contribution in [0.3, 0.4) is 0 Å². The van der Waals surface area contributed by atoms with Crippen LogP contribution in [0.1, 0.15) is 5.56 Å². The lowest BCUT2D eigenvalue weighted by Crippen LogP contribution is -2.35. The van der Waals surface area contributed by atoms with Crippen molar-refractivity contribution in [1.82, 2.24) is 5.32 Å². The number of amides is 1. The van der Waals surface area contributed by atoms with E-state index in [1.54, 1.807) is 6.07 Å². The van der Waals surface area contributed by atoms with Crippen molar-refractivity contribution in [2.45, 2.75) is 12.7 Å². The third-order valence-corrected chi connectivity index (χ3v) is 2.74. The fraction of sp³-hybridized carbons (Fsp3) is 0.417. The van der Waals surface area contributed by atoms with Gasteiger partial charge in [-0.3, -0.25) is 4.79 Å². The topological polar surface area (TPSA) is 47.6 Å². The highest BCUT2D eigenvalue weighted by molar-refractivity contribution is 6.31. The van der Waals surface area contributed by atoms with Crippen LogP contribution in [0, 0.1) is 5.82 Å². The summed E-state index contributed by atoms with van der Waals surface area (Å²) in [4.78, 5) is 11.6. The van der Waals surface area contributed by atoms with Gasteiger partial charge in [-0.25, -0.2) is 4.39 Å².